The van der Waals surface area contributed by atoms with E-state index in [1.807, 2.05) is 6.07 Å². The average Bonchev–Trinajstić information content (AvgIpc) is 3.20. The molecule has 1 unspecified atom stereocenters. The molecule has 5 nitrogen and oxygen atoms in total. The molecule has 1 aliphatic carbocycles. The number of carboxylic acid groups (broad SMARTS) is 1. The molecule has 3 atom stereocenters. The Morgan fingerprint density at radius 2 is 2.23 bits per heavy atom. The van der Waals surface area contributed by atoms with Gasteiger partial charge in [0.25, 0.3) is 0 Å². The minimum atomic E-state index is -0.936. The highest BCUT2D eigenvalue weighted by atomic mass is 79.9. The van der Waals surface area contributed by atoms with E-state index in [1.165, 1.54) is 11.0 Å². The Bertz CT molecular complexity index is 596. The van der Waals surface area contributed by atoms with Gasteiger partial charge in [-0.3, -0.25) is 4.79 Å². The third-order valence-electron chi connectivity index (χ3n) is 3.79. The zero-order valence-electron chi connectivity index (χ0n) is 12.3. The maximum Gasteiger partial charge on any atom is 0.317 e. The van der Waals surface area contributed by atoms with Gasteiger partial charge in [-0.15, -0.1) is 0 Å². The van der Waals surface area contributed by atoms with Crippen LogP contribution in [0, 0.1) is 11.7 Å². The first kappa shape index (κ1) is 16.7. The van der Waals surface area contributed by atoms with Gasteiger partial charge in [-0.25, -0.2) is 9.18 Å². The van der Waals surface area contributed by atoms with Crippen LogP contribution in [0.25, 0.3) is 0 Å². The van der Waals surface area contributed by atoms with Gasteiger partial charge in [0.2, 0.25) is 0 Å². The van der Waals surface area contributed by atoms with Crippen LogP contribution in [0.5, 0.6) is 0 Å². The molecule has 1 aromatic rings. The van der Waals surface area contributed by atoms with Crippen molar-refractivity contribution in [3.8, 4) is 0 Å². The summed E-state index contributed by atoms with van der Waals surface area (Å²) < 4.78 is 13.9. The largest absolute Gasteiger partial charge is 0.481 e. The molecule has 2 rings (SSSR count). The van der Waals surface area contributed by atoms with Gasteiger partial charge >= 0.3 is 12.0 Å². The summed E-state index contributed by atoms with van der Waals surface area (Å²) in [5.41, 5.74) is 0.854. The summed E-state index contributed by atoms with van der Waals surface area (Å²) in [5, 5.41) is 11.7. The second-order valence-electron chi connectivity index (χ2n) is 5.69. The van der Waals surface area contributed by atoms with Crippen molar-refractivity contribution in [2.24, 2.45) is 5.92 Å². The van der Waals surface area contributed by atoms with Crippen molar-refractivity contribution in [2.45, 2.75) is 25.3 Å². The number of hydrogen-bond donors (Lipinski definition) is 2. The molecule has 0 radical (unpaired) electrons. The predicted molar refractivity (Wildman–Crippen MR) is 83.2 cm³/mol. The lowest BCUT2D eigenvalue weighted by Crippen LogP contribution is -2.42. The van der Waals surface area contributed by atoms with Crippen LogP contribution in [-0.2, 0) is 4.79 Å². The lowest BCUT2D eigenvalue weighted by molar-refractivity contribution is -0.141. The van der Waals surface area contributed by atoms with E-state index in [0.29, 0.717) is 4.47 Å². The zero-order chi connectivity index (χ0) is 16.4. The number of aliphatic carboxylic acids is 1. The molecule has 0 aliphatic heterocycles. The molecule has 1 aromatic carbocycles. The molecular formula is C15H18BrFN2O3. The molecule has 1 saturated carbocycles. The molecule has 7 heteroatoms. The third kappa shape index (κ3) is 3.97. The van der Waals surface area contributed by atoms with Crippen molar-refractivity contribution in [1.82, 2.24) is 10.2 Å². The van der Waals surface area contributed by atoms with Crippen molar-refractivity contribution >= 4 is 27.9 Å². The molecule has 120 valence electrons. The smallest absolute Gasteiger partial charge is 0.317 e. The summed E-state index contributed by atoms with van der Waals surface area (Å²) in [6, 6.07) is 4.62. The number of hydrogen-bond acceptors (Lipinski definition) is 2. The predicted octanol–water partition coefficient (Wildman–Crippen LogP) is 2.81. The summed E-state index contributed by atoms with van der Waals surface area (Å²) in [7, 11) is 1.56. The number of carboxylic acids is 1. The number of nitrogens with zero attached hydrogens (tertiary/aromatic N) is 1. The summed E-state index contributed by atoms with van der Waals surface area (Å²) in [6.45, 7) is 1.70. The molecule has 22 heavy (non-hydrogen) atoms. The van der Waals surface area contributed by atoms with Crippen molar-refractivity contribution in [1.29, 1.82) is 0 Å². The van der Waals surface area contributed by atoms with E-state index in [2.05, 4.69) is 21.2 Å². The fourth-order valence-electron chi connectivity index (χ4n) is 2.31. The molecule has 0 aromatic heterocycles. The monoisotopic (exact) mass is 372 g/mol. The van der Waals surface area contributed by atoms with E-state index in [0.717, 1.165) is 12.0 Å². The molecule has 2 amide bonds. The van der Waals surface area contributed by atoms with E-state index in [-0.39, 0.29) is 30.4 Å². The highest BCUT2D eigenvalue weighted by molar-refractivity contribution is 9.10. The van der Waals surface area contributed by atoms with E-state index in [9.17, 15) is 14.0 Å². The Hall–Kier alpha value is -1.63. The van der Waals surface area contributed by atoms with Gasteiger partial charge in [-0.05, 0) is 40.0 Å². The number of amides is 2. The van der Waals surface area contributed by atoms with E-state index >= 15 is 0 Å². The van der Waals surface area contributed by atoms with Gasteiger partial charge in [-0.2, -0.15) is 0 Å². The maximum absolute atomic E-state index is 13.5. The van der Waals surface area contributed by atoms with Gasteiger partial charge in [-0.1, -0.05) is 13.0 Å². The van der Waals surface area contributed by atoms with Gasteiger partial charge in [0, 0.05) is 25.6 Å². The first-order valence-corrected chi connectivity index (χ1v) is 7.78. The van der Waals surface area contributed by atoms with Crippen molar-refractivity contribution in [2.75, 3.05) is 13.6 Å². The van der Waals surface area contributed by atoms with Crippen LogP contribution in [-0.4, -0.2) is 41.6 Å². The van der Waals surface area contributed by atoms with Gasteiger partial charge in [0.15, 0.2) is 0 Å². The van der Waals surface area contributed by atoms with E-state index < -0.39 is 11.9 Å². The van der Waals surface area contributed by atoms with Crippen molar-refractivity contribution in [3.63, 3.8) is 0 Å². The number of nitrogens with one attached hydrogen (secondary N) is 1. The fourth-order valence-corrected chi connectivity index (χ4v) is 2.55. The summed E-state index contributed by atoms with van der Waals surface area (Å²) in [6.07, 6.45) is 0.759. The van der Waals surface area contributed by atoms with Gasteiger partial charge < -0.3 is 15.3 Å². The summed E-state index contributed by atoms with van der Waals surface area (Å²) in [4.78, 5) is 24.1. The summed E-state index contributed by atoms with van der Waals surface area (Å²) in [5.74, 6) is -1.76. The van der Waals surface area contributed by atoms with Crippen LogP contribution in [0.15, 0.2) is 22.7 Å². The lowest BCUT2D eigenvalue weighted by atomic mass is 10.1. The molecule has 1 aliphatic rings. The number of carbonyl (C=O) groups is 2. The molecule has 0 heterocycles. The van der Waals surface area contributed by atoms with Crippen molar-refractivity contribution in [3.05, 3.63) is 34.1 Å². The van der Waals surface area contributed by atoms with Crippen molar-refractivity contribution < 1.29 is 19.1 Å². The first-order chi connectivity index (χ1) is 10.3. The molecule has 0 spiro atoms. The lowest BCUT2D eigenvalue weighted by Gasteiger charge is -2.20. The fraction of sp³-hybridized carbons (Fsp3) is 0.467. The Morgan fingerprint density at radius 1 is 1.55 bits per heavy atom. The van der Waals surface area contributed by atoms with Crippen LogP contribution in [0.1, 0.15) is 24.8 Å². The molecule has 2 N–H and O–H groups in total. The number of rotatable bonds is 5. The second kappa shape index (κ2) is 6.64. The highest BCUT2D eigenvalue weighted by Crippen LogP contribution is 2.41. The minimum Gasteiger partial charge on any atom is -0.481 e. The number of halogens is 2. The highest BCUT2D eigenvalue weighted by Gasteiger charge is 2.40. The van der Waals surface area contributed by atoms with Crippen LogP contribution >= 0.6 is 15.9 Å². The normalized spacial score (nSPS) is 21.1. The Labute approximate surface area is 136 Å². The number of carbonyl (C=O) groups excluding carboxylic acids is 1. The maximum atomic E-state index is 13.5. The zero-order valence-corrected chi connectivity index (χ0v) is 13.9. The third-order valence-corrected chi connectivity index (χ3v) is 4.43. The number of benzene rings is 1. The second-order valence-corrected chi connectivity index (χ2v) is 6.55. The summed E-state index contributed by atoms with van der Waals surface area (Å²) >= 11 is 3.11. The average molecular weight is 373 g/mol. The quantitative estimate of drug-likeness (QED) is 0.834. The van der Waals surface area contributed by atoms with Gasteiger partial charge in [0.1, 0.15) is 5.82 Å². The van der Waals surface area contributed by atoms with Crippen LogP contribution < -0.4 is 5.32 Å². The first-order valence-electron chi connectivity index (χ1n) is 6.99. The van der Waals surface area contributed by atoms with Crippen LogP contribution in [0.2, 0.25) is 0 Å². The standard InChI is InChI=1S/C15H18BrFN2O3/c1-8(14(20)21)7-19(2)15(22)18-13-6-10(13)9-3-4-11(16)12(17)5-9/h3-5,8,10,13H,6-7H2,1-2H3,(H,18,22)(H,20,21)/t8?,10-,13+/m0/s1. The molecular weight excluding hydrogens is 355 g/mol. The van der Waals surface area contributed by atoms with E-state index in [1.54, 1.807) is 20.0 Å². The SMILES string of the molecule is CC(CN(C)C(=O)N[C@@H]1C[C@H]1c1ccc(Br)c(F)c1)C(=O)O. The minimum absolute atomic E-state index is 0.0318. The molecule has 1 fully saturated rings. The Kier molecular flexibility index (Phi) is 5.05. The van der Waals surface area contributed by atoms with E-state index in [4.69, 9.17) is 5.11 Å². The molecule has 0 bridgehead atoms. The number of urea groups is 1. The molecule has 0 saturated heterocycles. The Balaban J connectivity index is 1.86. The van der Waals surface area contributed by atoms with Crippen LogP contribution in [0.4, 0.5) is 9.18 Å². The van der Waals surface area contributed by atoms with Gasteiger partial charge in [0.05, 0.1) is 10.4 Å². The Morgan fingerprint density at radius 3 is 2.82 bits per heavy atom. The van der Waals surface area contributed by atoms with Crippen LogP contribution in [0.3, 0.4) is 0 Å². The topological polar surface area (TPSA) is 69.6 Å².